The number of aromatic nitrogens is 1. The van der Waals surface area contributed by atoms with Crippen LogP contribution in [0.15, 0.2) is 12.1 Å². The van der Waals surface area contributed by atoms with Crippen molar-refractivity contribution in [1.82, 2.24) is 4.98 Å². The van der Waals surface area contributed by atoms with Crippen molar-refractivity contribution in [3.05, 3.63) is 12.1 Å². The van der Waals surface area contributed by atoms with Crippen LogP contribution >= 0.6 is 11.8 Å². The first kappa shape index (κ1) is 12.9. The molecule has 0 fully saturated rings. The van der Waals surface area contributed by atoms with Crippen LogP contribution in [0.4, 0.5) is 17.3 Å². The van der Waals surface area contributed by atoms with E-state index in [0.29, 0.717) is 29.6 Å². The first-order chi connectivity index (χ1) is 7.44. The van der Waals surface area contributed by atoms with Crippen molar-refractivity contribution in [3.8, 4) is 0 Å². The second kappa shape index (κ2) is 5.27. The zero-order valence-electron chi connectivity index (χ0n) is 9.53. The Labute approximate surface area is 99.6 Å². The molecular weight excluding hydrogens is 224 g/mol. The van der Waals surface area contributed by atoms with E-state index in [9.17, 15) is 5.11 Å². The Morgan fingerprint density at radius 3 is 2.75 bits per heavy atom. The maximum Gasteiger partial charge on any atom is 0.149 e. The number of nitrogens with zero attached hydrogens (tertiary/aromatic N) is 1. The van der Waals surface area contributed by atoms with Crippen LogP contribution in [-0.4, -0.2) is 34.2 Å². The lowest BCUT2D eigenvalue weighted by Crippen LogP contribution is -2.36. The first-order valence-corrected chi connectivity index (χ1v) is 6.31. The van der Waals surface area contributed by atoms with Crippen molar-refractivity contribution in [2.45, 2.75) is 12.5 Å². The van der Waals surface area contributed by atoms with Gasteiger partial charge in [-0.1, -0.05) is 0 Å². The number of thioether (sulfide) groups is 1. The second-order valence-corrected chi connectivity index (χ2v) is 4.82. The number of nitrogen functional groups attached to an aromatic ring is 2. The highest BCUT2D eigenvalue weighted by atomic mass is 32.2. The van der Waals surface area contributed by atoms with E-state index in [0.717, 1.165) is 0 Å². The number of aliphatic hydroxyl groups is 1. The molecule has 0 spiro atoms. The Kier molecular flexibility index (Phi) is 4.26. The molecule has 5 nitrogen and oxygen atoms in total. The third kappa shape index (κ3) is 3.79. The van der Waals surface area contributed by atoms with E-state index in [4.69, 9.17) is 11.5 Å². The summed E-state index contributed by atoms with van der Waals surface area (Å²) in [5.74, 6) is 1.58. The molecule has 0 aliphatic carbocycles. The van der Waals surface area contributed by atoms with E-state index in [2.05, 4.69) is 10.3 Å². The topological polar surface area (TPSA) is 97.2 Å². The first-order valence-electron chi connectivity index (χ1n) is 4.92. The van der Waals surface area contributed by atoms with Gasteiger partial charge in [-0.3, -0.25) is 0 Å². The summed E-state index contributed by atoms with van der Waals surface area (Å²) in [7, 11) is 0. The fourth-order valence-corrected chi connectivity index (χ4v) is 1.95. The minimum absolute atomic E-state index is 0.300. The number of hydrogen-bond donors (Lipinski definition) is 4. The Balaban J connectivity index is 2.57. The quantitative estimate of drug-likeness (QED) is 0.609. The molecule has 1 rings (SSSR count). The van der Waals surface area contributed by atoms with Crippen molar-refractivity contribution < 1.29 is 5.11 Å². The molecule has 1 unspecified atom stereocenters. The monoisotopic (exact) mass is 242 g/mol. The largest absolute Gasteiger partial charge is 0.396 e. The van der Waals surface area contributed by atoms with Gasteiger partial charge in [0.05, 0.1) is 11.3 Å². The van der Waals surface area contributed by atoms with Gasteiger partial charge >= 0.3 is 0 Å². The van der Waals surface area contributed by atoms with Gasteiger partial charge in [-0.15, -0.1) is 0 Å². The fourth-order valence-electron chi connectivity index (χ4n) is 1.23. The lowest BCUT2D eigenvalue weighted by Gasteiger charge is -2.22. The Morgan fingerprint density at radius 2 is 2.19 bits per heavy atom. The van der Waals surface area contributed by atoms with E-state index >= 15 is 0 Å². The molecule has 6 heteroatoms. The second-order valence-electron chi connectivity index (χ2n) is 3.95. The van der Waals surface area contributed by atoms with Crippen LogP contribution < -0.4 is 16.8 Å². The lowest BCUT2D eigenvalue weighted by atomic mass is 10.1. The molecule has 0 saturated carbocycles. The summed E-state index contributed by atoms with van der Waals surface area (Å²) in [4.78, 5) is 4.06. The van der Waals surface area contributed by atoms with Crippen molar-refractivity contribution in [2.24, 2.45) is 0 Å². The normalized spacial score (nSPS) is 14.4. The summed E-state index contributed by atoms with van der Waals surface area (Å²) in [6, 6.07) is 3.43. The summed E-state index contributed by atoms with van der Waals surface area (Å²) in [5, 5.41) is 13.0. The standard InChI is InChI=1S/C10H18N4OS/c1-10(15,6-16-2)5-13-8-4-3-7(11)9(12)14-8/h3-4,15H,5-6,11H2,1-2H3,(H3,12,13,14). The van der Waals surface area contributed by atoms with Gasteiger partial charge in [-0.2, -0.15) is 11.8 Å². The summed E-state index contributed by atoms with van der Waals surface area (Å²) < 4.78 is 0. The summed E-state index contributed by atoms with van der Waals surface area (Å²) in [6.07, 6.45) is 1.95. The smallest absolute Gasteiger partial charge is 0.149 e. The Hall–Kier alpha value is -1.14. The molecule has 0 aromatic carbocycles. The molecule has 0 bridgehead atoms. The summed E-state index contributed by atoms with van der Waals surface area (Å²) in [6.45, 7) is 2.20. The number of anilines is 3. The zero-order chi connectivity index (χ0) is 12.2. The van der Waals surface area contributed by atoms with E-state index in [1.54, 1.807) is 30.8 Å². The van der Waals surface area contributed by atoms with Crippen molar-refractivity contribution >= 4 is 29.1 Å². The van der Waals surface area contributed by atoms with Gasteiger partial charge in [0.1, 0.15) is 11.6 Å². The van der Waals surface area contributed by atoms with Crippen LogP contribution in [0, 0.1) is 0 Å². The molecule has 1 heterocycles. The fraction of sp³-hybridized carbons (Fsp3) is 0.500. The highest BCUT2D eigenvalue weighted by Crippen LogP contribution is 2.16. The van der Waals surface area contributed by atoms with Crippen molar-refractivity contribution in [1.29, 1.82) is 0 Å². The molecule has 1 aromatic rings. The van der Waals surface area contributed by atoms with Crippen LogP contribution in [0.25, 0.3) is 0 Å². The van der Waals surface area contributed by atoms with Crippen LogP contribution in [0.1, 0.15) is 6.92 Å². The van der Waals surface area contributed by atoms with E-state index in [1.807, 2.05) is 6.26 Å². The molecule has 0 radical (unpaired) electrons. The third-order valence-corrected chi connectivity index (χ3v) is 2.97. The van der Waals surface area contributed by atoms with E-state index < -0.39 is 5.60 Å². The molecule has 0 aliphatic rings. The summed E-state index contributed by atoms with van der Waals surface area (Å²) >= 11 is 1.59. The highest BCUT2D eigenvalue weighted by Gasteiger charge is 2.19. The average molecular weight is 242 g/mol. The highest BCUT2D eigenvalue weighted by molar-refractivity contribution is 7.98. The van der Waals surface area contributed by atoms with Crippen LogP contribution in [-0.2, 0) is 0 Å². The van der Waals surface area contributed by atoms with Gasteiger partial charge in [0.2, 0.25) is 0 Å². The molecule has 90 valence electrons. The van der Waals surface area contributed by atoms with Crippen LogP contribution in [0.5, 0.6) is 0 Å². The SMILES string of the molecule is CSCC(C)(O)CNc1ccc(N)c(N)n1. The van der Waals surface area contributed by atoms with E-state index in [1.165, 1.54) is 0 Å². The molecule has 1 atom stereocenters. The zero-order valence-corrected chi connectivity index (χ0v) is 10.3. The molecule has 16 heavy (non-hydrogen) atoms. The maximum atomic E-state index is 9.93. The number of nitrogens with two attached hydrogens (primary N) is 2. The molecular formula is C10H18N4OS. The van der Waals surface area contributed by atoms with Gasteiger partial charge < -0.3 is 21.9 Å². The predicted molar refractivity (Wildman–Crippen MR) is 70.6 cm³/mol. The van der Waals surface area contributed by atoms with Crippen molar-refractivity contribution in [2.75, 3.05) is 35.3 Å². The van der Waals surface area contributed by atoms with E-state index in [-0.39, 0.29) is 0 Å². The van der Waals surface area contributed by atoms with Gasteiger partial charge in [0.25, 0.3) is 0 Å². The van der Waals surface area contributed by atoms with Gasteiger partial charge in [0.15, 0.2) is 0 Å². The maximum absolute atomic E-state index is 9.93. The molecule has 0 saturated heterocycles. The average Bonchev–Trinajstić information content (AvgIpc) is 2.20. The van der Waals surface area contributed by atoms with Gasteiger partial charge in [-0.25, -0.2) is 4.98 Å². The molecule has 0 amide bonds. The molecule has 1 aromatic heterocycles. The lowest BCUT2D eigenvalue weighted by molar-refractivity contribution is 0.0996. The minimum atomic E-state index is -0.767. The molecule has 0 aliphatic heterocycles. The third-order valence-electron chi connectivity index (χ3n) is 2.06. The molecule has 6 N–H and O–H groups in total. The number of hydrogen-bond acceptors (Lipinski definition) is 6. The van der Waals surface area contributed by atoms with Crippen LogP contribution in [0.2, 0.25) is 0 Å². The Bertz CT molecular complexity index is 357. The number of rotatable bonds is 5. The van der Waals surface area contributed by atoms with Crippen LogP contribution in [0.3, 0.4) is 0 Å². The minimum Gasteiger partial charge on any atom is -0.396 e. The Morgan fingerprint density at radius 1 is 1.50 bits per heavy atom. The summed E-state index contributed by atoms with van der Waals surface area (Å²) in [5.41, 5.74) is 10.8. The van der Waals surface area contributed by atoms with Gasteiger partial charge in [0, 0.05) is 12.3 Å². The number of pyridine rings is 1. The van der Waals surface area contributed by atoms with Gasteiger partial charge in [-0.05, 0) is 25.3 Å². The van der Waals surface area contributed by atoms with Crippen molar-refractivity contribution in [3.63, 3.8) is 0 Å². The predicted octanol–water partition coefficient (Wildman–Crippen LogP) is 0.772. The number of nitrogens with one attached hydrogen (secondary N) is 1.